The van der Waals surface area contributed by atoms with Gasteiger partial charge in [0, 0.05) is 32.6 Å². The maximum absolute atomic E-state index is 13.1. The van der Waals surface area contributed by atoms with E-state index in [-0.39, 0.29) is 17.6 Å². The zero-order valence-electron chi connectivity index (χ0n) is 15.1. The van der Waals surface area contributed by atoms with Gasteiger partial charge in [-0.3, -0.25) is 9.59 Å². The van der Waals surface area contributed by atoms with Crippen LogP contribution in [0.15, 0.2) is 24.3 Å². The monoisotopic (exact) mass is 346 g/mol. The Morgan fingerprint density at radius 1 is 1.20 bits per heavy atom. The largest absolute Gasteiger partial charge is 0.342 e. The molecule has 0 aromatic heterocycles. The minimum atomic E-state index is -0.412. The highest BCUT2D eigenvalue weighted by Gasteiger charge is 2.49. The van der Waals surface area contributed by atoms with Gasteiger partial charge in [-0.05, 0) is 42.9 Å². The number of hydrogen-bond acceptors (Lipinski definition) is 2. The second kappa shape index (κ2) is 7.14. The first-order valence-electron chi connectivity index (χ1n) is 9.21. The van der Waals surface area contributed by atoms with Crippen molar-refractivity contribution in [1.82, 2.24) is 9.80 Å². The smallest absolute Gasteiger partial charge is 0.230 e. The molecule has 0 bridgehead atoms. The van der Waals surface area contributed by atoms with Gasteiger partial charge in [0.25, 0.3) is 0 Å². The Balaban J connectivity index is 1.67. The van der Waals surface area contributed by atoms with Crippen LogP contribution in [0.4, 0.5) is 4.39 Å². The van der Waals surface area contributed by atoms with E-state index in [0.717, 1.165) is 31.4 Å². The quantitative estimate of drug-likeness (QED) is 0.840. The van der Waals surface area contributed by atoms with Crippen molar-refractivity contribution in [3.63, 3.8) is 0 Å². The maximum Gasteiger partial charge on any atom is 0.230 e. The molecule has 1 atom stereocenters. The van der Waals surface area contributed by atoms with Crippen molar-refractivity contribution in [3.8, 4) is 0 Å². The number of rotatable bonds is 4. The van der Waals surface area contributed by atoms with Crippen LogP contribution < -0.4 is 0 Å². The van der Waals surface area contributed by atoms with Gasteiger partial charge in [-0.15, -0.1) is 0 Å². The Bertz CT molecular complexity index is 644. The summed E-state index contributed by atoms with van der Waals surface area (Å²) in [7, 11) is 0. The van der Waals surface area contributed by atoms with E-state index in [1.165, 1.54) is 12.1 Å². The summed E-state index contributed by atoms with van der Waals surface area (Å²) in [4.78, 5) is 29.2. The van der Waals surface area contributed by atoms with Gasteiger partial charge in [0.2, 0.25) is 11.8 Å². The molecule has 0 radical (unpaired) electrons. The molecular weight excluding hydrogens is 319 g/mol. The SMILES string of the molecule is CC(C)CC(=O)N1CC[C@@]2(CCCN(Cc3ccc(F)cc3)C2=O)C1. The van der Waals surface area contributed by atoms with Crippen LogP contribution in [0.5, 0.6) is 0 Å². The molecule has 2 amide bonds. The zero-order valence-corrected chi connectivity index (χ0v) is 15.1. The van der Waals surface area contributed by atoms with Gasteiger partial charge in [0.1, 0.15) is 5.82 Å². The molecule has 3 rings (SSSR count). The second-order valence-electron chi connectivity index (χ2n) is 7.90. The van der Waals surface area contributed by atoms with Crippen LogP contribution in [-0.2, 0) is 16.1 Å². The first-order valence-corrected chi connectivity index (χ1v) is 9.21. The van der Waals surface area contributed by atoms with Crippen LogP contribution >= 0.6 is 0 Å². The van der Waals surface area contributed by atoms with E-state index in [9.17, 15) is 14.0 Å². The van der Waals surface area contributed by atoms with Crippen LogP contribution in [0.2, 0.25) is 0 Å². The number of nitrogens with zero attached hydrogens (tertiary/aromatic N) is 2. The minimum Gasteiger partial charge on any atom is -0.342 e. The number of likely N-dealkylation sites (tertiary alicyclic amines) is 2. The zero-order chi connectivity index (χ0) is 18.0. The third-order valence-corrected chi connectivity index (χ3v) is 5.40. The maximum atomic E-state index is 13.1. The first-order chi connectivity index (χ1) is 11.9. The fraction of sp³-hybridized carbons (Fsp3) is 0.600. The number of halogens is 1. The van der Waals surface area contributed by atoms with Crippen molar-refractivity contribution in [3.05, 3.63) is 35.6 Å². The molecule has 2 saturated heterocycles. The summed E-state index contributed by atoms with van der Waals surface area (Å²) in [5.74, 6) is 0.389. The van der Waals surface area contributed by atoms with Gasteiger partial charge in [-0.25, -0.2) is 4.39 Å². The van der Waals surface area contributed by atoms with Gasteiger partial charge < -0.3 is 9.80 Å². The molecule has 5 heteroatoms. The standard InChI is InChI=1S/C20H27FN2O2/c1-15(2)12-18(24)23-11-9-20(14-23)8-3-10-22(19(20)25)13-16-4-6-17(21)7-5-16/h4-7,15H,3,8-14H2,1-2H3/t20-/m0/s1. The van der Waals surface area contributed by atoms with E-state index in [2.05, 4.69) is 0 Å². The Morgan fingerprint density at radius 3 is 2.60 bits per heavy atom. The Hall–Kier alpha value is -1.91. The molecule has 0 unspecified atom stereocenters. The normalized spacial score (nSPS) is 23.8. The number of hydrogen-bond donors (Lipinski definition) is 0. The molecule has 136 valence electrons. The van der Waals surface area contributed by atoms with Gasteiger partial charge in [0.05, 0.1) is 5.41 Å². The first kappa shape index (κ1) is 17.9. The molecule has 2 aliphatic rings. The molecule has 0 saturated carbocycles. The second-order valence-corrected chi connectivity index (χ2v) is 7.90. The summed E-state index contributed by atoms with van der Waals surface area (Å²) in [6.07, 6.45) is 3.12. The summed E-state index contributed by atoms with van der Waals surface area (Å²) < 4.78 is 13.1. The summed E-state index contributed by atoms with van der Waals surface area (Å²) in [5.41, 5.74) is 0.530. The number of amides is 2. The number of carbonyl (C=O) groups is 2. The Labute approximate surface area is 149 Å². The summed E-state index contributed by atoms with van der Waals surface area (Å²) in [6.45, 7) is 6.57. The van der Waals surface area contributed by atoms with E-state index in [1.807, 2.05) is 23.6 Å². The molecule has 2 aliphatic heterocycles. The average molecular weight is 346 g/mol. The van der Waals surface area contributed by atoms with Crippen LogP contribution in [0, 0.1) is 17.2 Å². The van der Waals surface area contributed by atoms with Crippen LogP contribution in [0.3, 0.4) is 0 Å². The van der Waals surface area contributed by atoms with Crippen LogP contribution in [0.1, 0.15) is 45.1 Å². The topological polar surface area (TPSA) is 40.6 Å². The van der Waals surface area contributed by atoms with Gasteiger partial charge in [-0.1, -0.05) is 26.0 Å². The van der Waals surface area contributed by atoms with Crippen molar-refractivity contribution < 1.29 is 14.0 Å². The van der Waals surface area contributed by atoms with E-state index in [4.69, 9.17) is 0 Å². The highest BCUT2D eigenvalue weighted by molar-refractivity contribution is 5.86. The van der Waals surface area contributed by atoms with Gasteiger partial charge >= 0.3 is 0 Å². The molecule has 0 aliphatic carbocycles. The molecule has 2 fully saturated rings. The molecule has 1 aromatic rings. The van der Waals surface area contributed by atoms with Gasteiger partial charge in [0.15, 0.2) is 0 Å². The van der Waals surface area contributed by atoms with Crippen molar-refractivity contribution in [2.45, 2.75) is 46.1 Å². The van der Waals surface area contributed by atoms with Crippen molar-refractivity contribution in [2.24, 2.45) is 11.3 Å². The van der Waals surface area contributed by atoms with Crippen molar-refractivity contribution >= 4 is 11.8 Å². The average Bonchev–Trinajstić information content (AvgIpc) is 2.99. The van der Waals surface area contributed by atoms with Crippen LogP contribution in [0.25, 0.3) is 0 Å². The molecule has 2 heterocycles. The van der Waals surface area contributed by atoms with Crippen molar-refractivity contribution in [2.75, 3.05) is 19.6 Å². The summed E-state index contributed by atoms with van der Waals surface area (Å²) >= 11 is 0. The summed E-state index contributed by atoms with van der Waals surface area (Å²) in [5, 5.41) is 0. The number of benzene rings is 1. The van der Waals surface area contributed by atoms with E-state index in [1.54, 1.807) is 12.1 Å². The highest BCUT2D eigenvalue weighted by Crippen LogP contribution is 2.40. The predicted octanol–water partition coefficient (Wildman–Crippen LogP) is 3.21. The fourth-order valence-corrected chi connectivity index (χ4v) is 4.06. The lowest BCUT2D eigenvalue weighted by molar-refractivity contribution is -0.146. The van der Waals surface area contributed by atoms with Crippen molar-refractivity contribution in [1.29, 1.82) is 0 Å². The number of carbonyl (C=O) groups excluding carboxylic acids is 2. The molecule has 4 nitrogen and oxygen atoms in total. The van der Waals surface area contributed by atoms with Gasteiger partial charge in [-0.2, -0.15) is 0 Å². The van der Waals surface area contributed by atoms with Crippen LogP contribution in [-0.4, -0.2) is 41.2 Å². The molecule has 1 spiro atoms. The number of piperidine rings is 1. The van der Waals surface area contributed by atoms with E-state index >= 15 is 0 Å². The fourth-order valence-electron chi connectivity index (χ4n) is 4.06. The third-order valence-electron chi connectivity index (χ3n) is 5.40. The molecule has 1 aromatic carbocycles. The predicted molar refractivity (Wildman–Crippen MR) is 94.1 cm³/mol. The lowest BCUT2D eigenvalue weighted by atomic mass is 9.78. The lowest BCUT2D eigenvalue weighted by Gasteiger charge is -2.39. The Kier molecular flexibility index (Phi) is 5.11. The lowest BCUT2D eigenvalue weighted by Crippen LogP contribution is -2.50. The molecular formula is C20H27FN2O2. The van der Waals surface area contributed by atoms with E-state index in [0.29, 0.717) is 32.0 Å². The highest BCUT2D eigenvalue weighted by atomic mass is 19.1. The Morgan fingerprint density at radius 2 is 1.92 bits per heavy atom. The van der Waals surface area contributed by atoms with E-state index < -0.39 is 5.41 Å². The molecule has 25 heavy (non-hydrogen) atoms. The third kappa shape index (κ3) is 3.86. The minimum absolute atomic E-state index is 0.155. The summed E-state index contributed by atoms with van der Waals surface area (Å²) in [6, 6.07) is 6.33. The molecule has 0 N–H and O–H groups in total.